The average molecular weight is 370 g/mol. The van der Waals surface area contributed by atoms with Crippen LogP contribution >= 0.6 is 12.4 Å². The van der Waals surface area contributed by atoms with Crippen molar-refractivity contribution < 1.29 is 9.72 Å². The van der Waals surface area contributed by atoms with E-state index in [9.17, 15) is 14.9 Å². The van der Waals surface area contributed by atoms with E-state index in [1.54, 1.807) is 6.07 Å². The monoisotopic (exact) mass is 369 g/mol. The van der Waals surface area contributed by atoms with Gasteiger partial charge in [0.1, 0.15) is 0 Å². The summed E-state index contributed by atoms with van der Waals surface area (Å²) in [6.07, 6.45) is 8.62. The van der Waals surface area contributed by atoms with E-state index in [2.05, 4.69) is 10.6 Å². The van der Waals surface area contributed by atoms with E-state index in [1.165, 1.54) is 50.7 Å². The van der Waals surface area contributed by atoms with Crippen LogP contribution < -0.4 is 10.6 Å². The highest BCUT2D eigenvalue weighted by Crippen LogP contribution is 2.17. The predicted molar refractivity (Wildman–Crippen MR) is 101 cm³/mol. The summed E-state index contributed by atoms with van der Waals surface area (Å²) in [5.41, 5.74) is 0.886. The fraction of sp³-hybridized carbons (Fsp3) is 0.611. The van der Waals surface area contributed by atoms with E-state index in [-0.39, 0.29) is 24.0 Å². The fourth-order valence-corrected chi connectivity index (χ4v) is 3.13. The van der Waals surface area contributed by atoms with Crippen LogP contribution in [0.15, 0.2) is 24.3 Å². The third kappa shape index (κ3) is 8.31. The maximum Gasteiger partial charge on any atom is 0.269 e. The van der Waals surface area contributed by atoms with Gasteiger partial charge >= 0.3 is 0 Å². The molecule has 0 saturated heterocycles. The van der Waals surface area contributed by atoms with Crippen molar-refractivity contribution in [3.05, 3.63) is 39.9 Å². The number of aryl methyl sites for hydroxylation is 1. The minimum Gasteiger partial charge on any atom is -0.355 e. The lowest BCUT2D eigenvalue weighted by atomic mass is 10.1. The van der Waals surface area contributed by atoms with E-state index in [0.717, 1.165) is 12.1 Å². The molecule has 2 rings (SSSR count). The number of carbonyl (C=O) groups is 1. The zero-order chi connectivity index (χ0) is 17.2. The summed E-state index contributed by atoms with van der Waals surface area (Å²) in [6.45, 7) is 1.43. The maximum absolute atomic E-state index is 11.9. The molecule has 0 aromatic heterocycles. The molecule has 0 bridgehead atoms. The van der Waals surface area contributed by atoms with Crippen LogP contribution in [0.3, 0.4) is 0 Å². The van der Waals surface area contributed by atoms with Crippen LogP contribution in [0.25, 0.3) is 0 Å². The van der Waals surface area contributed by atoms with Gasteiger partial charge in [-0.2, -0.15) is 0 Å². The van der Waals surface area contributed by atoms with Crippen molar-refractivity contribution in [1.29, 1.82) is 0 Å². The Kier molecular flexibility index (Phi) is 10.1. The van der Waals surface area contributed by atoms with Crippen LogP contribution in [-0.2, 0) is 11.2 Å². The summed E-state index contributed by atoms with van der Waals surface area (Å²) < 4.78 is 0. The lowest BCUT2D eigenvalue weighted by molar-refractivity contribution is -0.384. The Labute approximate surface area is 155 Å². The Morgan fingerprint density at radius 3 is 2.56 bits per heavy atom. The van der Waals surface area contributed by atoms with Crippen molar-refractivity contribution >= 4 is 24.0 Å². The molecule has 1 aromatic carbocycles. The number of nitro groups is 1. The molecular formula is C18H28ClN3O3. The number of benzene rings is 1. The van der Waals surface area contributed by atoms with Crippen LogP contribution in [-0.4, -0.2) is 30.0 Å². The first-order valence-corrected chi connectivity index (χ1v) is 8.88. The largest absolute Gasteiger partial charge is 0.355 e. The lowest BCUT2D eigenvalue weighted by Gasteiger charge is -2.16. The molecule has 1 aromatic rings. The number of non-ortho nitro benzene ring substituents is 1. The van der Waals surface area contributed by atoms with Crippen LogP contribution in [0, 0.1) is 10.1 Å². The zero-order valence-corrected chi connectivity index (χ0v) is 15.4. The second-order valence-electron chi connectivity index (χ2n) is 6.42. The molecule has 1 saturated carbocycles. The van der Waals surface area contributed by atoms with Crippen LogP contribution in [0.2, 0.25) is 0 Å². The molecule has 6 nitrogen and oxygen atoms in total. The van der Waals surface area contributed by atoms with E-state index >= 15 is 0 Å². The standard InChI is InChI=1S/C18H27N3O3.ClH/c22-18(11-10-15-6-5-9-17(14-15)21(23)24)20-13-12-19-16-7-3-1-2-4-8-16;/h5-6,9,14,16,19H,1-4,7-8,10-13H2,(H,20,22);1H. The minimum atomic E-state index is -0.414. The number of nitro benzene ring substituents is 1. The van der Waals surface area contributed by atoms with Gasteiger partial charge < -0.3 is 10.6 Å². The van der Waals surface area contributed by atoms with Crippen molar-refractivity contribution in [2.45, 2.75) is 57.4 Å². The van der Waals surface area contributed by atoms with Crippen LogP contribution in [0.5, 0.6) is 0 Å². The number of carbonyl (C=O) groups excluding carboxylic acids is 1. The molecule has 0 spiro atoms. The third-order valence-corrected chi connectivity index (χ3v) is 4.50. The summed E-state index contributed by atoms with van der Waals surface area (Å²) in [5.74, 6) is -0.0100. The first-order chi connectivity index (χ1) is 11.6. The Hall–Kier alpha value is -1.66. The number of nitrogens with one attached hydrogen (secondary N) is 2. The van der Waals surface area contributed by atoms with Crippen molar-refractivity contribution in [2.75, 3.05) is 13.1 Å². The Morgan fingerprint density at radius 2 is 1.88 bits per heavy atom. The summed E-state index contributed by atoms with van der Waals surface area (Å²) in [7, 11) is 0. The topological polar surface area (TPSA) is 84.3 Å². The summed E-state index contributed by atoms with van der Waals surface area (Å²) in [5, 5.41) is 17.2. The highest BCUT2D eigenvalue weighted by atomic mass is 35.5. The second-order valence-corrected chi connectivity index (χ2v) is 6.42. The number of hydrogen-bond acceptors (Lipinski definition) is 4. The normalized spacial score (nSPS) is 15.0. The van der Waals surface area contributed by atoms with Crippen LogP contribution in [0.1, 0.15) is 50.5 Å². The number of nitrogens with zero attached hydrogens (tertiary/aromatic N) is 1. The van der Waals surface area contributed by atoms with Crippen molar-refractivity contribution in [1.82, 2.24) is 10.6 Å². The molecule has 2 N–H and O–H groups in total. The molecular weight excluding hydrogens is 342 g/mol. The molecule has 0 unspecified atom stereocenters. The van der Waals surface area contributed by atoms with Gasteiger partial charge in [-0.15, -0.1) is 12.4 Å². The number of halogens is 1. The molecule has 25 heavy (non-hydrogen) atoms. The summed E-state index contributed by atoms with van der Waals surface area (Å²) in [4.78, 5) is 22.2. The molecule has 1 amide bonds. The van der Waals surface area contributed by atoms with Gasteiger partial charge in [0.15, 0.2) is 0 Å². The van der Waals surface area contributed by atoms with Crippen molar-refractivity contribution in [3.63, 3.8) is 0 Å². The molecule has 1 aliphatic carbocycles. The first kappa shape index (κ1) is 21.4. The average Bonchev–Trinajstić information content (AvgIpc) is 2.86. The van der Waals surface area contributed by atoms with Gasteiger partial charge in [-0.05, 0) is 24.8 Å². The predicted octanol–water partition coefficient (Wildman–Crippen LogP) is 3.38. The van der Waals surface area contributed by atoms with Crippen molar-refractivity contribution in [2.24, 2.45) is 0 Å². The van der Waals surface area contributed by atoms with Gasteiger partial charge in [-0.3, -0.25) is 14.9 Å². The summed E-state index contributed by atoms with van der Waals surface area (Å²) >= 11 is 0. The van der Waals surface area contributed by atoms with Gasteiger partial charge in [-0.1, -0.05) is 37.8 Å². The van der Waals surface area contributed by atoms with Gasteiger partial charge in [0, 0.05) is 37.7 Å². The number of hydrogen-bond donors (Lipinski definition) is 2. The fourth-order valence-electron chi connectivity index (χ4n) is 3.13. The van der Waals surface area contributed by atoms with Crippen molar-refractivity contribution in [3.8, 4) is 0 Å². The zero-order valence-electron chi connectivity index (χ0n) is 14.5. The molecule has 7 heteroatoms. The highest BCUT2D eigenvalue weighted by molar-refractivity contribution is 5.85. The summed E-state index contributed by atoms with van der Waals surface area (Å²) in [6, 6.07) is 7.05. The first-order valence-electron chi connectivity index (χ1n) is 8.88. The molecule has 0 radical (unpaired) electrons. The van der Waals surface area contributed by atoms with Gasteiger partial charge in [-0.25, -0.2) is 0 Å². The molecule has 0 aliphatic heterocycles. The van der Waals surface area contributed by atoms with Gasteiger partial charge in [0.2, 0.25) is 5.91 Å². The Morgan fingerprint density at radius 1 is 1.16 bits per heavy atom. The Balaban J connectivity index is 0.00000312. The molecule has 1 fully saturated rings. The minimum absolute atomic E-state index is 0. The van der Waals surface area contributed by atoms with E-state index in [4.69, 9.17) is 0 Å². The molecule has 1 aliphatic rings. The SMILES string of the molecule is Cl.O=C(CCc1cccc([N+](=O)[O-])c1)NCCNC1CCCCCC1. The molecule has 0 heterocycles. The van der Waals surface area contributed by atoms with Gasteiger partial charge in [0.05, 0.1) is 4.92 Å². The number of amides is 1. The highest BCUT2D eigenvalue weighted by Gasteiger charge is 2.11. The van der Waals surface area contributed by atoms with E-state index in [1.807, 2.05) is 6.07 Å². The number of rotatable bonds is 8. The molecule has 140 valence electrons. The van der Waals surface area contributed by atoms with E-state index < -0.39 is 4.92 Å². The second kappa shape index (κ2) is 11.8. The molecule has 0 atom stereocenters. The third-order valence-electron chi connectivity index (χ3n) is 4.50. The quantitative estimate of drug-likeness (QED) is 0.318. The van der Waals surface area contributed by atoms with E-state index in [0.29, 0.717) is 25.4 Å². The Bertz CT molecular complexity index is 546. The smallest absolute Gasteiger partial charge is 0.269 e. The van der Waals surface area contributed by atoms with Gasteiger partial charge in [0.25, 0.3) is 5.69 Å². The lowest BCUT2D eigenvalue weighted by Crippen LogP contribution is -2.36. The van der Waals surface area contributed by atoms with Crippen LogP contribution in [0.4, 0.5) is 5.69 Å². The maximum atomic E-state index is 11.9.